The predicted octanol–water partition coefficient (Wildman–Crippen LogP) is 1.76. The minimum absolute atomic E-state index is 0.450. The number of allylic oxidation sites excluding steroid dienone is 2. The third-order valence-corrected chi connectivity index (χ3v) is 1.92. The molecule has 0 aromatic rings. The number of nitro groups is 1. The van der Waals surface area contributed by atoms with Crippen LogP contribution < -0.4 is 0 Å². The number of aliphatic hydroxyl groups is 1. The van der Waals surface area contributed by atoms with E-state index in [0.717, 1.165) is 6.42 Å². The van der Waals surface area contributed by atoms with E-state index in [9.17, 15) is 15.2 Å². The van der Waals surface area contributed by atoms with Crippen molar-refractivity contribution in [3.8, 4) is 0 Å². The van der Waals surface area contributed by atoms with E-state index in [1.807, 2.05) is 19.1 Å². The largest absolute Gasteiger partial charge is 0.386 e. The van der Waals surface area contributed by atoms with E-state index in [-0.39, 0.29) is 0 Å². The van der Waals surface area contributed by atoms with Crippen LogP contribution in [0.4, 0.5) is 0 Å². The van der Waals surface area contributed by atoms with Crippen LogP contribution in [-0.2, 0) is 0 Å². The van der Waals surface area contributed by atoms with Crippen molar-refractivity contribution < 1.29 is 10.0 Å². The van der Waals surface area contributed by atoms with Crippen LogP contribution in [0.25, 0.3) is 0 Å². The highest BCUT2D eigenvalue weighted by Gasteiger charge is 2.22. The van der Waals surface area contributed by atoms with Gasteiger partial charge in [0.15, 0.2) is 0 Å². The molecule has 0 radical (unpaired) electrons. The second-order valence-electron chi connectivity index (χ2n) is 3.05. The van der Waals surface area contributed by atoms with Gasteiger partial charge in [-0.1, -0.05) is 19.1 Å². The van der Waals surface area contributed by atoms with Gasteiger partial charge in [0.25, 0.3) is 0 Å². The first-order valence-corrected chi connectivity index (χ1v) is 4.56. The summed E-state index contributed by atoms with van der Waals surface area (Å²) in [5.41, 5.74) is 0. The van der Waals surface area contributed by atoms with Crippen molar-refractivity contribution in [1.82, 2.24) is 0 Å². The molecule has 0 aromatic heterocycles. The predicted molar refractivity (Wildman–Crippen MR) is 51.1 cm³/mol. The van der Waals surface area contributed by atoms with Crippen LogP contribution in [0.15, 0.2) is 12.2 Å². The summed E-state index contributed by atoms with van der Waals surface area (Å²) in [6, 6.07) is -0.866. The molecular weight excluding hydrogens is 170 g/mol. The molecule has 4 nitrogen and oxygen atoms in total. The molecule has 0 unspecified atom stereocenters. The summed E-state index contributed by atoms with van der Waals surface area (Å²) >= 11 is 0. The van der Waals surface area contributed by atoms with E-state index in [1.165, 1.54) is 6.92 Å². The maximum Gasteiger partial charge on any atom is 0.235 e. The van der Waals surface area contributed by atoms with Crippen LogP contribution in [0.3, 0.4) is 0 Å². The Kier molecular flexibility index (Phi) is 6.14. The number of nitrogens with zero attached hydrogens (tertiary/aromatic N) is 1. The zero-order valence-electron chi connectivity index (χ0n) is 8.14. The molecule has 0 fully saturated rings. The van der Waals surface area contributed by atoms with Gasteiger partial charge in [0.1, 0.15) is 6.10 Å². The Morgan fingerprint density at radius 2 is 2.15 bits per heavy atom. The van der Waals surface area contributed by atoms with E-state index in [1.54, 1.807) is 0 Å². The molecule has 76 valence electrons. The summed E-state index contributed by atoms with van der Waals surface area (Å²) in [6.07, 6.45) is 5.21. The molecule has 0 saturated heterocycles. The monoisotopic (exact) mass is 187 g/mol. The molecule has 0 saturated carbocycles. The highest BCUT2D eigenvalue weighted by molar-refractivity contribution is 4.81. The Balaban J connectivity index is 3.67. The van der Waals surface area contributed by atoms with Gasteiger partial charge >= 0.3 is 0 Å². The smallest absolute Gasteiger partial charge is 0.235 e. The average Bonchev–Trinajstić information content (AvgIpc) is 2.10. The molecule has 0 amide bonds. The first-order valence-electron chi connectivity index (χ1n) is 4.56. The molecule has 0 spiro atoms. The quantitative estimate of drug-likeness (QED) is 0.391. The van der Waals surface area contributed by atoms with E-state index in [4.69, 9.17) is 0 Å². The molecule has 0 bridgehead atoms. The lowest BCUT2D eigenvalue weighted by Crippen LogP contribution is -2.30. The second kappa shape index (κ2) is 6.60. The van der Waals surface area contributed by atoms with Crippen LogP contribution in [0, 0.1) is 10.1 Å². The summed E-state index contributed by atoms with van der Waals surface area (Å²) < 4.78 is 0. The Morgan fingerprint density at radius 3 is 2.62 bits per heavy atom. The number of hydrogen-bond acceptors (Lipinski definition) is 3. The second-order valence-corrected chi connectivity index (χ2v) is 3.05. The minimum Gasteiger partial charge on any atom is -0.386 e. The minimum atomic E-state index is -0.866. The molecular formula is C9H17NO3. The topological polar surface area (TPSA) is 63.4 Å². The van der Waals surface area contributed by atoms with E-state index >= 15 is 0 Å². The molecule has 0 heterocycles. The van der Waals surface area contributed by atoms with Crippen molar-refractivity contribution in [3.63, 3.8) is 0 Å². The number of rotatable bonds is 6. The maximum absolute atomic E-state index is 10.3. The summed E-state index contributed by atoms with van der Waals surface area (Å²) in [4.78, 5) is 9.81. The van der Waals surface area contributed by atoms with Crippen molar-refractivity contribution >= 4 is 0 Å². The van der Waals surface area contributed by atoms with Crippen molar-refractivity contribution in [2.45, 2.75) is 45.3 Å². The third-order valence-electron chi connectivity index (χ3n) is 1.92. The average molecular weight is 187 g/mol. The van der Waals surface area contributed by atoms with Gasteiger partial charge < -0.3 is 5.11 Å². The first kappa shape index (κ1) is 12.1. The molecule has 0 aromatic carbocycles. The van der Waals surface area contributed by atoms with Gasteiger partial charge in [-0.05, 0) is 19.3 Å². The highest BCUT2D eigenvalue weighted by atomic mass is 16.6. The fraction of sp³-hybridized carbons (Fsp3) is 0.778. The molecule has 2 atom stereocenters. The normalized spacial score (nSPS) is 15.9. The zero-order chi connectivity index (χ0) is 10.3. The Bertz CT molecular complexity index is 180. The molecule has 0 aliphatic heterocycles. The van der Waals surface area contributed by atoms with Crippen LogP contribution in [0.2, 0.25) is 0 Å². The highest BCUT2D eigenvalue weighted by Crippen LogP contribution is 2.05. The maximum atomic E-state index is 10.3. The number of hydrogen-bond donors (Lipinski definition) is 1. The summed E-state index contributed by atoms with van der Waals surface area (Å²) in [6.45, 7) is 3.45. The van der Waals surface area contributed by atoms with Gasteiger partial charge in [0.2, 0.25) is 6.04 Å². The van der Waals surface area contributed by atoms with Crippen LogP contribution in [-0.4, -0.2) is 22.2 Å². The van der Waals surface area contributed by atoms with Crippen molar-refractivity contribution in [2.24, 2.45) is 0 Å². The fourth-order valence-electron chi connectivity index (χ4n) is 0.933. The molecule has 0 rings (SSSR count). The lowest BCUT2D eigenvalue weighted by molar-refractivity contribution is -0.529. The Hall–Kier alpha value is -0.900. The van der Waals surface area contributed by atoms with Crippen LogP contribution in [0.5, 0.6) is 0 Å². The van der Waals surface area contributed by atoms with E-state index in [0.29, 0.717) is 12.8 Å². The van der Waals surface area contributed by atoms with E-state index in [2.05, 4.69) is 0 Å². The van der Waals surface area contributed by atoms with Gasteiger partial charge in [-0.15, -0.1) is 0 Å². The number of aliphatic hydroxyl groups excluding tert-OH is 1. The fourth-order valence-corrected chi connectivity index (χ4v) is 0.933. The molecule has 4 heteroatoms. The molecule has 0 aliphatic rings. The standard InChI is InChI=1S/C9H17NO3/c1-3-4-5-6-7-9(11)8(2)10(12)13/h4-5,8-9,11H,3,6-7H2,1-2H3/b5-4-/t8-,9-/m1/s1. The van der Waals surface area contributed by atoms with Gasteiger partial charge in [-0.3, -0.25) is 10.1 Å². The third kappa shape index (κ3) is 5.36. The summed E-state index contributed by atoms with van der Waals surface area (Å²) in [5, 5.41) is 19.6. The van der Waals surface area contributed by atoms with Crippen LogP contribution >= 0.6 is 0 Å². The van der Waals surface area contributed by atoms with Crippen LogP contribution in [0.1, 0.15) is 33.1 Å². The molecule has 1 N–H and O–H groups in total. The van der Waals surface area contributed by atoms with Gasteiger partial charge in [0.05, 0.1) is 0 Å². The van der Waals surface area contributed by atoms with Crippen molar-refractivity contribution in [2.75, 3.05) is 0 Å². The van der Waals surface area contributed by atoms with Gasteiger partial charge in [0, 0.05) is 11.8 Å². The summed E-state index contributed by atoms with van der Waals surface area (Å²) in [5.74, 6) is 0. The van der Waals surface area contributed by atoms with Gasteiger partial charge in [-0.25, -0.2) is 0 Å². The SMILES string of the molecule is CC/C=C\CC[C@@H](O)[C@@H](C)[N+](=O)[O-]. The summed E-state index contributed by atoms with van der Waals surface area (Å²) in [7, 11) is 0. The zero-order valence-corrected chi connectivity index (χ0v) is 8.14. The lowest BCUT2D eigenvalue weighted by atomic mass is 10.1. The van der Waals surface area contributed by atoms with Crippen molar-refractivity contribution in [1.29, 1.82) is 0 Å². The Labute approximate surface area is 78.4 Å². The first-order chi connectivity index (χ1) is 6.09. The molecule has 0 aliphatic carbocycles. The Morgan fingerprint density at radius 1 is 1.54 bits per heavy atom. The molecule has 13 heavy (non-hydrogen) atoms. The van der Waals surface area contributed by atoms with Gasteiger partial charge in [-0.2, -0.15) is 0 Å². The van der Waals surface area contributed by atoms with Crippen molar-refractivity contribution in [3.05, 3.63) is 22.3 Å². The lowest BCUT2D eigenvalue weighted by Gasteiger charge is -2.10. The van der Waals surface area contributed by atoms with E-state index < -0.39 is 17.1 Å².